The van der Waals surface area contributed by atoms with Gasteiger partial charge in [0.15, 0.2) is 11.6 Å². The Labute approximate surface area is 144 Å². The van der Waals surface area contributed by atoms with Gasteiger partial charge in [-0.15, -0.1) is 5.10 Å². The molecule has 0 bridgehead atoms. The standard InChI is InChI=1S/C16H19N7O2/c1-11-10-14(20-25-11)18-15(24)8-9-17-12(2)16-19-21-22-23(16)13-6-4-3-5-7-13/h3-7,10,12,17H,8-9H2,1-2H3,(H,18,20,24). The molecule has 9 heteroatoms. The van der Waals surface area contributed by atoms with Crippen LogP contribution in [0.25, 0.3) is 5.69 Å². The van der Waals surface area contributed by atoms with Gasteiger partial charge in [0, 0.05) is 19.0 Å². The molecule has 0 aliphatic carbocycles. The van der Waals surface area contributed by atoms with Crippen LogP contribution in [0.1, 0.15) is 31.0 Å². The maximum atomic E-state index is 11.9. The summed E-state index contributed by atoms with van der Waals surface area (Å²) < 4.78 is 6.58. The highest BCUT2D eigenvalue weighted by atomic mass is 16.5. The van der Waals surface area contributed by atoms with Crippen LogP contribution in [0.3, 0.4) is 0 Å². The molecule has 0 radical (unpaired) electrons. The van der Waals surface area contributed by atoms with Crippen LogP contribution in [0.2, 0.25) is 0 Å². The van der Waals surface area contributed by atoms with E-state index < -0.39 is 0 Å². The largest absolute Gasteiger partial charge is 0.360 e. The van der Waals surface area contributed by atoms with E-state index in [-0.39, 0.29) is 11.9 Å². The fraction of sp³-hybridized carbons (Fsp3) is 0.312. The summed E-state index contributed by atoms with van der Waals surface area (Å²) >= 11 is 0. The lowest BCUT2D eigenvalue weighted by Gasteiger charge is -2.13. The number of nitrogens with zero attached hydrogens (tertiary/aromatic N) is 5. The average Bonchev–Trinajstić information content (AvgIpc) is 3.24. The Balaban J connectivity index is 1.52. The van der Waals surface area contributed by atoms with E-state index in [1.54, 1.807) is 17.7 Å². The van der Waals surface area contributed by atoms with Crippen LogP contribution in [-0.4, -0.2) is 37.8 Å². The first-order valence-electron chi connectivity index (χ1n) is 7.94. The van der Waals surface area contributed by atoms with Crippen molar-refractivity contribution >= 4 is 11.7 Å². The highest BCUT2D eigenvalue weighted by Crippen LogP contribution is 2.13. The zero-order chi connectivity index (χ0) is 17.6. The van der Waals surface area contributed by atoms with Crippen LogP contribution >= 0.6 is 0 Å². The molecule has 1 amide bonds. The topological polar surface area (TPSA) is 111 Å². The van der Waals surface area contributed by atoms with E-state index in [2.05, 4.69) is 31.3 Å². The normalized spacial score (nSPS) is 12.1. The number of benzene rings is 1. The van der Waals surface area contributed by atoms with Gasteiger partial charge in [-0.05, 0) is 36.4 Å². The number of carbonyl (C=O) groups is 1. The Hall–Kier alpha value is -3.07. The van der Waals surface area contributed by atoms with Gasteiger partial charge in [0.2, 0.25) is 5.91 Å². The van der Waals surface area contributed by atoms with Gasteiger partial charge in [0.1, 0.15) is 5.76 Å². The molecule has 2 N–H and O–H groups in total. The molecule has 0 fully saturated rings. The Morgan fingerprint density at radius 1 is 1.32 bits per heavy atom. The Morgan fingerprint density at radius 2 is 2.12 bits per heavy atom. The molecule has 3 aromatic rings. The summed E-state index contributed by atoms with van der Waals surface area (Å²) in [4.78, 5) is 11.9. The van der Waals surface area contributed by atoms with Crippen molar-refractivity contribution in [2.75, 3.05) is 11.9 Å². The summed E-state index contributed by atoms with van der Waals surface area (Å²) in [5.74, 6) is 1.60. The molecule has 25 heavy (non-hydrogen) atoms. The first kappa shape index (κ1) is 16.8. The van der Waals surface area contributed by atoms with E-state index >= 15 is 0 Å². The number of hydrogen-bond acceptors (Lipinski definition) is 7. The van der Waals surface area contributed by atoms with Gasteiger partial charge in [-0.25, -0.2) is 0 Å². The molecule has 0 saturated heterocycles. The highest BCUT2D eigenvalue weighted by molar-refractivity contribution is 5.89. The lowest BCUT2D eigenvalue weighted by atomic mass is 10.2. The third-order valence-corrected chi connectivity index (χ3v) is 3.58. The number of aryl methyl sites for hydroxylation is 1. The fourth-order valence-corrected chi connectivity index (χ4v) is 2.34. The number of para-hydroxylation sites is 1. The van der Waals surface area contributed by atoms with Crippen LogP contribution in [0.5, 0.6) is 0 Å². The Morgan fingerprint density at radius 3 is 2.84 bits per heavy atom. The number of aromatic nitrogens is 5. The SMILES string of the molecule is Cc1cc(NC(=O)CCNC(C)c2nnnn2-c2ccccc2)no1. The molecule has 0 spiro atoms. The number of carbonyl (C=O) groups excluding carboxylic acids is 1. The molecule has 0 aliphatic heterocycles. The smallest absolute Gasteiger partial charge is 0.226 e. The number of amides is 1. The molecular formula is C16H19N7O2. The second-order valence-electron chi connectivity index (χ2n) is 5.58. The summed E-state index contributed by atoms with van der Waals surface area (Å²) in [6.45, 7) is 4.19. The van der Waals surface area contributed by atoms with Crippen molar-refractivity contribution in [3.63, 3.8) is 0 Å². The zero-order valence-corrected chi connectivity index (χ0v) is 14.0. The third-order valence-electron chi connectivity index (χ3n) is 3.58. The summed E-state index contributed by atoms with van der Waals surface area (Å²) in [5, 5.41) is 21.5. The average molecular weight is 341 g/mol. The zero-order valence-electron chi connectivity index (χ0n) is 14.0. The van der Waals surface area contributed by atoms with Crippen molar-refractivity contribution in [2.24, 2.45) is 0 Å². The molecule has 0 aliphatic rings. The van der Waals surface area contributed by atoms with E-state index in [1.165, 1.54) is 0 Å². The molecule has 130 valence electrons. The minimum atomic E-state index is -0.143. The number of hydrogen-bond donors (Lipinski definition) is 2. The summed E-state index contributed by atoms with van der Waals surface area (Å²) in [7, 11) is 0. The second kappa shape index (κ2) is 7.67. The van der Waals surface area contributed by atoms with E-state index in [9.17, 15) is 4.79 Å². The Bertz CT molecular complexity index is 828. The van der Waals surface area contributed by atoms with E-state index in [1.807, 2.05) is 37.3 Å². The second-order valence-corrected chi connectivity index (χ2v) is 5.58. The van der Waals surface area contributed by atoms with Gasteiger partial charge in [-0.1, -0.05) is 23.4 Å². The van der Waals surface area contributed by atoms with Crippen LogP contribution in [0.4, 0.5) is 5.82 Å². The molecule has 1 atom stereocenters. The molecule has 1 unspecified atom stereocenters. The van der Waals surface area contributed by atoms with Gasteiger partial charge >= 0.3 is 0 Å². The van der Waals surface area contributed by atoms with E-state index in [0.717, 1.165) is 5.69 Å². The summed E-state index contributed by atoms with van der Waals surface area (Å²) in [6, 6.07) is 11.2. The molecule has 3 rings (SSSR count). The highest BCUT2D eigenvalue weighted by Gasteiger charge is 2.15. The molecule has 1 aromatic carbocycles. The Kier molecular flexibility index (Phi) is 5.14. The maximum Gasteiger partial charge on any atom is 0.226 e. The predicted octanol–water partition coefficient (Wildman–Crippen LogP) is 1.64. The van der Waals surface area contributed by atoms with Crippen molar-refractivity contribution in [3.8, 4) is 5.69 Å². The summed E-state index contributed by atoms with van der Waals surface area (Å²) in [5.41, 5.74) is 0.885. The van der Waals surface area contributed by atoms with Gasteiger partial charge in [-0.2, -0.15) is 4.68 Å². The molecule has 9 nitrogen and oxygen atoms in total. The van der Waals surface area contributed by atoms with Crippen molar-refractivity contribution in [3.05, 3.63) is 48.0 Å². The minimum absolute atomic E-state index is 0.114. The van der Waals surface area contributed by atoms with Gasteiger partial charge in [0.25, 0.3) is 0 Å². The van der Waals surface area contributed by atoms with Crippen molar-refractivity contribution in [1.29, 1.82) is 0 Å². The maximum absolute atomic E-state index is 11.9. The number of tetrazole rings is 1. The molecular weight excluding hydrogens is 322 g/mol. The van der Waals surface area contributed by atoms with Crippen molar-refractivity contribution < 1.29 is 9.32 Å². The van der Waals surface area contributed by atoms with Crippen LogP contribution in [0, 0.1) is 6.92 Å². The number of rotatable bonds is 7. The van der Waals surface area contributed by atoms with Crippen molar-refractivity contribution in [2.45, 2.75) is 26.3 Å². The molecule has 0 saturated carbocycles. The monoisotopic (exact) mass is 341 g/mol. The van der Waals surface area contributed by atoms with Gasteiger partial charge < -0.3 is 15.2 Å². The third kappa shape index (κ3) is 4.27. The number of nitrogens with one attached hydrogen (secondary N) is 2. The molecule has 2 heterocycles. The van der Waals surface area contributed by atoms with E-state index in [0.29, 0.717) is 30.4 Å². The van der Waals surface area contributed by atoms with Gasteiger partial charge in [0.05, 0.1) is 11.7 Å². The van der Waals surface area contributed by atoms with Crippen LogP contribution in [0.15, 0.2) is 40.9 Å². The van der Waals surface area contributed by atoms with Crippen LogP contribution < -0.4 is 10.6 Å². The van der Waals surface area contributed by atoms with Crippen LogP contribution in [-0.2, 0) is 4.79 Å². The minimum Gasteiger partial charge on any atom is -0.360 e. The van der Waals surface area contributed by atoms with Gasteiger partial charge in [-0.3, -0.25) is 4.79 Å². The first-order chi connectivity index (χ1) is 12.1. The van der Waals surface area contributed by atoms with Crippen molar-refractivity contribution in [1.82, 2.24) is 30.7 Å². The quantitative estimate of drug-likeness (QED) is 0.672. The lowest BCUT2D eigenvalue weighted by Crippen LogP contribution is -2.26. The molecule has 2 aromatic heterocycles. The van der Waals surface area contributed by atoms with E-state index in [4.69, 9.17) is 4.52 Å². The summed E-state index contributed by atoms with van der Waals surface area (Å²) in [6.07, 6.45) is 0.295. The predicted molar refractivity (Wildman–Crippen MR) is 90.1 cm³/mol. The lowest BCUT2D eigenvalue weighted by molar-refractivity contribution is -0.116. The first-order valence-corrected chi connectivity index (χ1v) is 7.94. The number of anilines is 1. The fourth-order valence-electron chi connectivity index (χ4n) is 2.34.